The van der Waals surface area contributed by atoms with Crippen LogP contribution in [0, 0.1) is 5.82 Å². The van der Waals surface area contributed by atoms with Gasteiger partial charge in [-0.3, -0.25) is 4.79 Å². The van der Waals surface area contributed by atoms with Crippen LogP contribution in [0.15, 0.2) is 66.7 Å². The van der Waals surface area contributed by atoms with Crippen LogP contribution in [0.1, 0.15) is 54.0 Å². The number of nitrogens with zero attached hydrogens (tertiary/aromatic N) is 1. The predicted octanol–water partition coefficient (Wildman–Crippen LogP) is 5.45. The Bertz CT molecular complexity index is 1320. The number of halogens is 1. The zero-order valence-electron chi connectivity index (χ0n) is 21.8. The Labute approximate surface area is 227 Å². The Morgan fingerprint density at radius 3 is 2.44 bits per heavy atom. The average Bonchev–Trinajstić information content (AvgIpc) is 3.48. The lowest BCUT2D eigenvalue weighted by molar-refractivity contribution is -0.160. The smallest absolute Gasteiger partial charge is 0.326 e. The summed E-state index contributed by atoms with van der Waals surface area (Å²) in [6.07, 6.45) is 2.94. The van der Waals surface area contributed by atoms with Gasteiger partial charge in [-0.25, -0.2) is 9.18 Å². The van der Waals surface area contributed by atoms with Gasteiger partial charge in [0.15, 0.2) is 17.6 Å². The molecule has 1 heterocycles. The van der Waals surface area contributed by atoms with Gasteiger partial charge in [-0.05, 0) is 36.1 Å². The lowest BCUT2D eigenvalue weighted by Gasteiger charge is -2.37. The van der Waals surface area contributed by atoms with Gasteiger partial charge in [-0.1, -0.05) is 67.4 Å². The van der Waals surface area contributed by atoms with Crippen LogP contribution < -0.4 is 9.47 Å². The lowest BCUT2D eigenvalue weighted by atomic mass is 9.91. The van der Waals surface area contributed by atoms with E-state index in [-0.39, 0.29) is 31.6 Å². The third-order valence-corrected chi connectivity index (χ3v) is 7.51. The molecule has 3 aromatic rings. The second kappa shape index (κ2) is 11.9. The molecule has 8 heteroatoms. The van der Waals surface area contributed by atoms with Crippen molar-refractivity contribution in [1.29, 1.82) is 0 Å². The summed E-state index contributed by atoms with van der Waals surface area (Å²) < 4.78 is 32.1. The molecule has 1 N–H and O–H groups in total. The number of carboxylic acids is 1. The summed E-state index contributed by atoms with van der Waals surface area (Å²) >= 11 is 0. The fourth-order valence-electron chi connectivity index (χ4n) is 5.43. The number of aliphatic carboxylic acids is 1. The number of rotatable bonds is 9. The molecule has 5 rings (SSSR count). The Balaban J connectivity index is 1.46. The first-order valence-corrected chi connectivity index (χ1v) is 13.2. The molecule has 0 saturated heterocycles. The maximum Gasteiger partial charge on any atom is 0.326 e. The van der Waals surface area contributed by atoms with E-state index in [4.69, 9.17) is 14.2 Å². The predicted molar refractivity (Wildman–Crippen MR) is 142 cm³/mol. The van der Waals surface area contributed by atoms with E-state index in [1.807, 2.05) is 36.4 Å². The Hall–Kier alpha value is -3.91. The van der Waals surface area contributed by atoms with E-state index in [1.54, 1.807) is 24.3 Å². The van der Waals surface area contributed by atoms with Crippen molar-refractivity contribution < 1.29 is 33.3 Å². The van der Waals surface area contributed by atoms with E-state index in [2.05, 4.69) is 0 Å². The van der Waals surface area contributed by atoms with Crippen LogP contribution in [0.4, 0.5) is 4.39 Å². The van der Waals surface area contributed by atoms with Crippen molar-refractivity contribution in [3.63, 3.8) is 0 Å². The number of hydrogen-bond donors (Lipinski definition) is 1. The van der Waals surface area contributed by atoms with Crippen LogP contribution in [-0.2, 0) is 33.9 Å². The van der Waals surface area contributed by atoms with Crippen molar-refractivity contribution >= 4 is 11.9 Å². The molecule has 0 aromatic heterocycles. The first-order chi connectivity index (χ1) is 19.0. The largest absolute Gasteiger partial charge is 0.493 e. The van der Waals surface area contributed by atoms with E-state index < -0.39 is 23.9 Å². The van der Waals surface area contributed by atoms with Gasteiger partial charge in [-0.15, -0.1) is 0 Å². The minimum atomic E-state index is -1.13. The highest BCUT2D eigenvalue weighted by Gasteiger charge is 2.41. The van der Waals surface area contributed by atoms with Crippen LogP contribution in [0.3, 0.4) is 0 Å². The van der Waals surface area contributed by atoms with Gasteiger partial charge < -0.3 is 24.2 Å². The molecule has 39 heavy (non-hydrogen) atoms. The molecule has 1 aliphatic carbocycles. The molecule has 2 aliphatic rings. The molecule has 1 saturated carbocycles. The zero-order valence-corrected chi connectivity index (χ0v) is 21.8. The molecule has 204 valence electrons. The number of carbonyl (C=O) groups is 2. The monoisotopic (exact) mass is 533 g/mol. The van der Waals surface area contributed by atoms with Gasteiger partial charge in [-0.2, -0.15) is 0 Å². The molecule has 1 aliphatic heterocycles. The Kier molecular flexibility index (Phi) is 8.12. The van der Waals surface area contributed by atoms with Crippen LogP contribution in [0.2, 0.25) is 0 Å². The highest BCUT2D eigenvalue weighted by molar-refractivity contribution is 5.88. The molecule has 1 fully saturated rings. The Morgan fingerprint density at radius 2 is 1.74 bits per heavy atom. The van der Waals surface area contributed by atoms with E-state index in [1.165, 1.54) is 18.1 Å². The number of carbonyl (C=O) groups excluding carboxylic acids is 1. The van der Waals surface area contributed by atoms with Crippen molar-refractivity contribution in [3.8, 4) is 11.5 Å². The van der Waals surface area contributed by atoms with E-state index >= 15 is 0 Å². The molecule has 1 amide bonds. The number of ether oxygens (including phenoxy) is 3. The highest BCUT2D eigenvalue weighted by atomic mass is 19.1. The number of fused-ring (bicyclic) bond motifs is 1. The summed E-state index contributed by atoms with van der Waals surface area (Å²) in [4.78, 5) is 27.9. The van der Waals surface area contributed by atoms with Crippen LogP contribution >= 0.6 is 0 Å². The van der Waals surface area contributed by atoms with Crippen molar-refractivity contribution in [1.82, 2.24) is 4.90 Å². The number of carboxylic acid groups (broad SMARTS) is 1. The second-order valence-corrected chi connectivity index (χ2v) is 9.97. The van der Waals surface area contributed by atoms with Gasteiger partial charge in [0.25, 0.3) is 5.91 Å². The highest BCUT2D eigenvalue weighted by Crippen LogP contribution is 2.40. The molecule has 2 atom stereocenters. The minimum absolute atomic E-state index is 0.0190. The molecule has 7 nitrogen and oxygen atoms in total. The molecule has 3 aromatic carbocycles. The van der Waals surface area contributed by atoms with Gasteiger partial charge in [0.1, 0.15) is 18.5 Å². The lowest BCUT2D eigenvalue weighted by Crippen LogP contribution is -2.50. The van der Waals surface area contributed by atoms with Crippen LogP contribution in [0.25, 0.3) is 0 Å². The fraction of sp³-hybridized carbons (Fsp3) is 0.355. The topological polar surface area (TPSA) is 85.3 Å². The SMILES string of the molecule is COc1ccc2c(c1OCc1ccccc1F)C[C@H](C(=O)O)N(C(=O)[C@H](OC1CCCC1)c1ccccc1)C2. The van der Waals surface area contributed by atoms with Crippen LogP contribution in [0.5, 0.6) is 11.5 Å². The summed E-state index contributed by atoms with van der Waals surface area (Å²) in [6, 6.07) is 18.0. The van der Waals surface area contributed by atoms with Crippen molar-refractivity contribution in [3.05, 3.63) is 94.8 Å². The summed E-state index contributed by atoms with van der Waals surface area (Å²) in [5.74, 6) is -1.12. The number of hydrogen-bond acceptors (Lipinski definition) is 5. The maximum absolute atomic E-state index is 14.2. The number of amides is 1. The normalized spacial score (nSPS) is 17.9. The minimum Gasteiger partial charge on any atom is -0.493 e. The van der Waals surface area contributed by atoms with Gasteiger partial charge in [0.05, 0.1) is 13.2 Å². The summed E-state index contributed by atoms with van der Waals surface area (Å²) in [5, 5.41) is 10.2. The van der Waals surface area contributed by atoms with Gasteiger partial charge in [0.2, 0.25) is 0 Å². The van der Waals surface area contributed by atoms with Crippen molar-refractivity contribution in [2.75, 3.05) is 7.11 Å². The summed E-state index contributed by atoms with van der Waals surface area (Å²) in [6.45, 7) is 0.0216. The second-order valence-electron chi connectivity index (χ2n) is 9.97. The number of methoxy groups -OCH3 is 1. The average molecular weight is 534 g/mol. The third-order valence-electron chi connectivity index (χ3n) is 7.51. The molecular formula is C31H32FNO6. The van der Waals surface area contributed by atoms with Crippen molar-refractivity contribution in [2.45, 2.75) is 63.5 Å². The third kappa shape index (κ3) is 5.76. The van der Waals surface area contributed by atoms with Crippen LogP contribution in [-0.4, -0.2) is 41.1 Å². The first kappa shape index (κ1) is 26.7. The molecule has 0 radical (unpaired) electrons. The van der Waals surface area contributed by atoms with Gasteiger partial charge in [0, 0.05) is 24.1 Å². The summed E-state index contributed by atoms with van der Waals surface area (Å²) in [7, 11) is 1.50. The van der Waals surface area contributed by atoms with E-state index in [0.29, 0.717) is 28.2 Å². The quantitative estimate of drug-likeness (QED) is 0.394. The fourth-order valence-corrected chi connectivity index (χ4v) is 5.43. The first-order valence-electron chi connectivity index (χ1n) is 13.2. The zero-order chi connectivity index (χ0) is 27.4. The molecule has 0 bridgehead atoms. The Morgan fingerprint density at radius 1 is 1.03 bits per heavy atom. The molecular weight excluding hydrogens is 501 g/mol. The number of benzene rings is 3. The van der Waals surface area contributed by atoms with Gasteiger partial charge >= 0.3 is 5.97 Å². The summed E-state index contributed by atoms with van der Waals surface area (Å²) in [5.41, 5.74) is 2.45. The molecule has 0 spiro atoms. The van der Waals surface area contributed by atoms with E-state index in [9.17, 15) is 19.1 Å². The standard InChI is InChI=1S/C31H32FNO6/c1-37-27-16-15-21-18-33(30(34)28(20-9-3-2-4-10-20)39-23-12-6-7-13-23)26(31(35)36)17-24(21)29(27)38-19-22-11-5-8-14-25(22)32/h2-5,8-11,14-16,23,26,28H,6-7,12-13,17-19H2,1H3,(H,35,36)/t26-,28-/m1/s1. The maximum atomic E-state index is 14.2. The molecule has 0 unspecified atom stereocenters. The van der Waals surface area contributed by atoms with Crippen molar-refractivity contribution in [2.24, 2.45) is 0 Å². The van der Waals surface area contributed by atoms with E-state index in [0.717, 1.165) is 31.2 Å².